The second-order valence-electron chi connectivity index (χ2n) is 3.75. The summed E-state index contributed by atoms with van der Waals surface area (Å²) in [6.45, 7) is 4.14. The molecule has 0 aliphatic heterocycles. The van der Waals surface area contributed by atoms with Crippen LogP contribution in [0, 0.1) is 13.8 Å². The predicted octanol–water partition coefficient (Wildman–Crippen LogP) is -2.55. The van der Waals surface area contributed by atoms with E-state index in [2.05, 4.69) is 36.0 Å². The van der Waals surface area contributed by atoms with E-state index in [0.717, 1.165) is 11.4 Å². The molecule has 0 radical (unpaired) electrons. The molecular formula is C14H14Br2N2Ni. The third-order valence-corrected chi connectivity index (χ3v) is 2.45. The summed E-state index contributed by atoms with van der Waals surface area (Å²) in [5.41, 5.74) is 4.29. The number of halogens is 2. The Bertz CT molecular complexity index is 496. The maximum atomic E-state index is 4.49. The molecule has 0 N–H and O–H groups in total. The van der Waals surface area contributed by atoms with E-state index in [1.165, 1.54) is 11.1 Å². The summed E-state index contributed by atoms with van der Waals surface area (Å²) in [5.74, 6) is 0. The third kappa shape index (κ3) is 5.98. The van der Waals surface area contributed by atoms with Gasteiger partial charge in [-0.1, -0.05) is 24.3 Å². The smallest absolute Gasteiger partial charge is 1.00 e. The van der Waals surface area contributed by atoms with Crippen LogP contribution < -0.4 is 34.0 Å². The van der Waals surface area contributed by atoms with Crippen molar-refractivity contribution in [3.8, 4) is 0 Å². The van der Waals surface area contributed by atoms with Crippen LogP contribution in [0.25, 0.3) is 0 Å². The van der Waals surface area contributed by atoms with Gasteiger partial charge in [0.25, 0.3) is 0 Å². The van der Waals surface area contributed by atoms with Gasteiger partial charge in [-0.25, -0.2) is 0 Å². The van der Waals surface area contributed by atoms with Crippen molar-refractivity contribution in [1.82, 2.24) is 4.98 Å². The minimum Gasteiger partial charge on any atom is -1.00 e. The van der Waals surface area contributed by atoms with E-state index in [4.69, 9.17) is 0 Å². The molecule has 0 atom stereocenters. The molecule has 1 heterocycles. The Balaban J connectivity index is 0. The first-order valence-corrected chi connectivity index (χ1v) is 5.28. The maximum absolute atomic E-state index is 4.49. The zero-order chi connectivity index (χ0) is 11.4. The van der Waals surface area contributed by atoms with Crippen LogP contribution in [0.1, 0.15) is 16.8 Å². The first-order chi connectivity index (χ1) is 7.77. The number of pyridine rings is 1. The molecule has 2 nitrogen and oxygen atoms in total. The van der Waals surface area contributed by atoms with Crippen molar-refractivity contribution in [3.05, 3.63) is 59.4 Å². The van der Waals surface area contributed by atoms with Gasteiger partial charge < -0.3 is 34.0 Å². The van der Waals surface area contributed by atoms with Gasteiger partial charge >= 0.3 is 16.5 Å². The maximum Gasteiger partial charge on any atom is 2.00 e. The summed E-state index contributed by atoms with van der Waals surface area (Å²) < 4.78 is 0. The number of hydrogen-bond acceptors (Lipinski definition) is 2. The summed E-state index contributed by atoms with van der Waals surface area (Å²) in [6.07, 6.45) is 3.57. The van der Waals surface area contributed by atoms with Crippen LogP contribution >= 0.6 is 0 Å². The number of aryl methyl sites for hydroxylation is 2. The summed E-state index contributed by atoms with van der Waals surface area (Å²) >= 11 is 0. The van der Waals surface area contributed by atoms with Gasteiger partial charge in [0.1, 0.15) is 0 Å². The average Bonchev–Trinajstić information content (AvgIpc) is 2.30. The molecule has 5 heteroatoms. The van der Waals surface area contributed by atoms with Crippen molar-refractivity contribution >= 4 is 11.9 Å². The van der Waals surface area contributed by atoms with Crippen LogP contribution in [0.2, 0.25) is 0 Å². The average molecular weight is 429 g/mol. The number of aliphatic imine (C=N–C) groups is 1. The van der Waals surface area contributed by atoms with Gasteiger partial charge in [0.15, 0.2) is 0 Å². The number of aromatic nitrogens is 1. The van der Waals surface area contributed by atoms with Gasteiger partial charge in [0, 0.05) is 6.20 Å². The quantitative estimate of drug-likeness (QED) is 0.382. The molecule has 0 saturated heterocycles. The molecule has 0 saturated carbocycles. The molecule has 0 aliphatic rings. The third-order valence-electron chi connectivity index (χ3n) is 2.45. The van der Waals surface area contributed by atoms with Gasteiger partial charge in [-0.3, -0.25) is 9.98 Å². The fourth-order valence-electron chi connectivity index (χ4n) is 1.59. The Kier molecular flexibility index (Phi) is 11.3. The summed E-state index contributed by atoms with van der Waals surface area (Å²) in [4.78, 5) is 8.69. The van der Waals surface area contributed by atoms with E-state index >= 15 is 0 Å². The van der Waals surface area contributed by atoms with Gasteiger partial charge in [-0.05, 0) is 37.1 Å². The van der Waals surface area contributed by atoms with Gasteiger partial charge in [-0.2, -0.15) is 0 Å². The van der Waals surface area contributed by atoms with Crippen molar-refractivity contribution in [3.63, 3.8) is 0 Å². The Morgan fingerprint density at radius 3 is 2.11 bits per heavy atom. The van der Waals surface area contributed by atoms with E-state index in [9.17, 15) is 0 Å². The SMILES string of the molecule is Cc1cccc(C)c1N=Cc1ccccn1.[Br-].[Br-].[Ni+2]. The fraction of sp³-hybridized carbons (Fsp3) is 0.143. The van der Waals surface area contributed by atoms with Crippen LogP contribution in [-0.2, 0) is 16.5 Å². The molecule has 19 heavy (non-hydrogen) atoms. The molecule has 1 aromatic carbocycles. The molecule has 0 spiro atoms. The molecule has 1 aromatic heterocycles. The Hall–Kier alpha value is -0.506. The molecular weight excluding hydrogens is 415 g/mol. The normalized spacial score (nSPS) is 9.16. The zero-order valence-corrected chi connectivity index (χ0v) is 14.7. The Labute approximate surface area is 145 Å². The fourth-order valence-corrected chi connectivity index (χ4v) is 1.59. The number of para-hydroxylation sites is 1. The molecule has 0 bridgehead atoms. The van der Waals surface area contributed by atoms with Crippen molar-refractivity contribution in [1.29, 1.82) is 0 Å². The molecule has 0 fully saturated rings. The minimum absolute atomic E-state index is 0. The first kappa shape index (κ1) is 20.8. The summed E-state index contributed by atoms with van der Waals surface area (Å²) in [6, 6.07) is 12.0. The molecule has 0 amide bonds. The van der Waals surface area contributed by atoms with E-state index < -0.39 is 0 Å². The van der Waals surface area contributed by atoms with Crippen LogP contribution in [-0.4, -0.2) is 11.2 Å². The Morgan fingerprint density at radius 1 is 0.947 bits per heavy atom. The van der Waals surface area contributed by atoms with Crippen molar-refractivity contribution in [2.24, 2.45) is 4.99 Å². The van der Waals surface area contributed by atoms with Crippen LogP contribution in [0.3, 0.4) is 0 Å². The largest absolute Gasteiger partial charge is 2.00 e. The summed E-state index contributed by atoms with van der Waals surface area (Å²) in [5, 5.41) is 0. The van der Waals surface area contributed by atoms with E-state index in [-0.39, 0.29) is 50.5 Å². The molecule has 0 unspecified atom stereocenters. The number of nitrogens with zero attached hydrogens (tertiary/aromatic N) is 2. The van der Waals surface area contributed by atoms with Gasteiger partial charge in [-0.15, -0.1) is 0 Å². The standard InChI is InChI=1S/C14H14N2.2BrH.Ni/c1-11-6-5-7-12(2)14(11)16-10-13-8-3-4-9-15-13;;;/h3-10H,1-2H3;2*1H;/q;;;+2/p-2. The van der Waals surface area contributed by atoms with Gasteiger partial charge in [0.05, 0.1) is 17.6 Å². The number of benzene rings is 1. The second kappa shape index (κ2) is 10.3. The monoisotopic (exact) mass is 426 g/mol. The number of hydrogen-bond donors (Lipinski definition) is 0. The van der Waals surface area contributed by atoms with Crippen molar-refractivity contribution < 1.29 is 50.5 Å². The van der Waals surface area contributed by atoms with Gasteiger partial charge in [0.2, 0.25) is 0 Å². The zero-order valence-electron chi connectivity index (χ0n) is 10.6. The molecule has 2 aromatic rings. The molecule has 104 valence electrons. The molecule has 0 aliphatic carbocycles. The number of rotatable bonds is 2. The second-order valence-corrected chi connectivity index (χ2v) is 3.75. The van der Waals surface area contributed by atoms with Crippen LogP contribution in [0.5, 0.6) is 0 Å². The van der Waals surface area contributed by atoms with Crippen LogP contribution in [0.4, 0.5) is 5.69 Å². The topological polar surface area (TPSA) is 25.2 Å². The Morgan fingerprint density at radius 2 is 1.58 bits per heavy atom. The first-order valence-electron chi connectivity index (χ1n) is 5.28. The van der Waals surface area contributed by atoms with Crippen LogP contribution in [0.15, 0.2) is 47.6 Å². The molecule has 2 rings (SSSR count). The van der Waals surface area contributed by atoms with E-state index in [1.807, 2.05) is 24.3 Å². The minimum atomic E-state index is 0. The van der Waals surface area contributed by atoms with Crippen molar-refractivity contribution in [2.75, 3.05) is 0 Å². The summed E-state index contributed by atoms with van der Waals surface area (Å²) in [7, 11) is 0. The predicted molar refractivity (Wildman–Crippen MR) is 67.4 cm³/mol. The van der Waals surface area contributed by atoms with Crippen molar-refractivity contribution in [2.45, 2.75) is 13.8 Å². The van der Waals surface area contributed by atoms with E-state index in [1.54, 1.807) is 12.4 Å². The van der Waals surface area contributed by atoms with E-state index in [0.29, 0.717) is 0 Å².